The van der Waals surface area contributed by atoms with Crippen LogP contribution < -0.4 is 5.32 Å². The summed E-state index contributed by atoms with van der Waals surface area (Å²) in [4.78, 5) is 11.2. The summed E-state index contributed by atoms with van der Waals surface area (Å²) in [6.07, 6.45) is 1.72. The van der Waals surface area contributed by atoms with E-state index in [2.05, 4.69) is 5.32 Å². The van der Waals surface area contributed by atoms with Gasteiger partial charge in [0.1, 0.15) is 5.82 Å². The molecule has 144 valence electrons. The van der Waals surface area contributed by atoms with Crippen LogP contribution in [0.5, 0.6) is 0 Å². The zero-order chi connectivity index (χ0) is 20.5. The Kier molecular flexibility index (Phi) is 6.09. The van der Waals surface area contributed by atoms with Crippen molar-refractivity contribution in [1.82, 2.24) is 0 Å². The zero-order valence-electron chi connectivity index (χ0n) is 17.1. The van der Waals surface area contributed by atoms with Gasteiger partial charge in [-0.2, -0.15) is 0 Å². The number of carboxylic acid groups (broad SMARTS) is 1. The number of carbonyl (C=O) groups is 1. The van der Waals surface area contributed by atoms with Crippen LogP contribution in [-0.2, 0) is 4.79 Å². The minimum Gasteiger partial charge on any atom is -0.478 e. The van der Waals surface area contributed by atoms with E-state index >= 15 is 0 Å². The summed E-state index contributed by atoms with van der Waals surface area (Å²) in [6, 6.07) is 5.43. The van der Waals surface area contributed by atoms with Crippen molar-refractivity contribution in [2.45, 2.75) is 54.5 Å². The van der Waals surface area contributed by atoms with E-state index in [9.17, 15) is 14.3 Å². The van der Waals surface area contributed by atoms with Gasteiger partial charge < -0.3 is 10.4 Å². The highest BCUT2D eigenvalue weighted by Crippen LogP contribution is 2.36. The molecule has 0 radical (unpaired) electrons. The molecule has 2 aromatic rings. The molecule has 0 aliphatic heterocycles. The maximum atomic E-state index is 14.6. The first-order valence-corrected chi connectivity index (χ1v) is 9.13. The fourth-order valence-corrected chi connectivity index (χ4v) is 3.37. The highest BCUT2D eigenvalue weighted by atomic mass is 19.1. The van der Waals surface area contributed by atoms with Gasteiger partial charge >= 0.3 is 5.97 Å². The van der Waals surface area contributed by atoms with Gasteiger partial charge in [-0.25, -0.2) is 9.18 Å². The maximum Gasteiger partial charge on any atom is 0.331 e. The van der Waals surface area contributed by atoms with Crippen molar-refractivity contribution in [2.75, 3.05) is 5.32 Å². The molecule has 2 rings (SSSR count). The zero-order valence-corrected chi connectivity index (χ0v) is 17.1. The first-order valence-electron chi connectivity index (χ1n) is 9.13. The molecular formula is C23H28FNO2. The average molecular weight is 369 g/mol. The number of carboxylic acids is 1. The van der Waals surface area contributed by atoms with E-state index in [1.54, 1.807) is 25.1 Å². The van der Waals surface area contributed by atoms with Crippen LogP contribution in [0.2, 0.25) is 0 Å². The third-order valence-corrected chi connectivity index (χ3v) is 5.08. The van der Waals surface area contributed by atoms with E-state index in [4.69, 9.17) is 0 Å². The van der Waals surface area contributed by atoms with E-state index < -0.39 is 5.97 Å². The summed E-state index contributed by atoms with van der Waals surface area (Å²) in [5, 5.41) is 12.3. The predicted molar refractivity (Wildman–Crippen MR) is 111 cm³/mol. The fraction of sp³-hybridized carbons (Fsp3) is 0.348. The van der Waals surface area contributed by atoms with Crippen LogP contribution >= 0.6 is 0 Å². The molecular weight excluding hydrogens is 341 g/mol. The van der Waals surface area contributed by atoms with Gasteiger partial charge in [-0.3, -0.25) is 0 Å². The van der Waals surface area contributed by atoms with Crippen LogP contribution in [-0.4, -0.2) is 17.1 Å². The smallest absolute Gasteiger partial charge is 0.331 e. The summed E-state index contributed by atoms with van der Waals surface area (Å²) >= 11 is 0. The Morgan fingerprint density at radius 1 is 1.07 bits per heavy atom. The topological polar surface area (TPSA) is 49.3 Å². The first-order chi connectivity index (χ1) is 12.5. The van der Waals surface area contributed by atoms with Crippen LogP contribution in [0.1, 0.15) is 48.6 Å². The number of hydrogen-bond acceptors (Lipinski definition) is 2. The lowest BCUT2D eigenvalue weighted by atomic mass is 9.85. The molecule has 0 amide bonds. The highest BCUT2D eigenvalue weighted by molar-refractivity contribution is 5.92. The molecule has 0 spiro atoms. The summed E-state index contributed by atoms with van der Waals surface area (Å²) in [5.74, 6) is -1.20. The molecule has 4 heteroatoms. The molecule has 27 heavy (non-hydrogen) atoms. The second-order valence-corrected chi connectivity index (χ2v) is 7.41. The first kappa shape index (κ1) is 20.7. The fourth-order valence-electron chi connectivity index (χ4n) is 3.37. The minimum atomic E-state index is -0.927. The monoisotopic (exact) mass is 369 g/mol. The summed E-state index contributed by atoms with van der Waals surface area (Å²) < 4.78 is 14.6. The summed E-state index contributed by atoms with van der Waals surface area (Å²) in [5.41, 5.74) is 7.64. The number of aliphatic carboxylic acids is 1. The van der Waals surface area contributed by atoms with Gasteiger partial charge in [0.2, 0.25) is 0 Å². The normalized spacial score (nSPS) is 11.8. The number of nitrogens with one attached hydrogen (secondary N) is 1. The lowest BCUT2D eigenvalue weighted by Gasteiger charge is -2.20. The molecule has 0 saturated carbocycles. The van der Waals surface area contributed by atoms with Gasteiger partial charge in [-0.15, -0.1) is 0 Å². The Balaban J connectivity index is 2.65. The van der Waals surface area contributed by atoms with Crippen molar-refractivity contribution >= 4 is 17.7 Å². The van der Waals surface area contributed by atoms with Crippen LogP contribution in [0.15, 0.2) is 23.8 Å². The Morgan fingerprint density at radius 2 is 1.63 bits per heavy atom. The molecule has 0 heterocycles. The summed E-state index contributed by atoms with van der Waals surface area (Å²) in [6.45, 7) is 13.5. The number of hydrogen-bond donors (Lipinski definition) is 2. The van der Waals surface area contributed by atoms with Gasteiger partial charge in [0.15, 0.2) is 0 Å². The van der Waals surface area contributed by atoms with E-state index in [-0.39, 0.29) is 11.9 Å². The minimum absolute atomic E-state index is 0.154. The van der Waals surface area contributed by atoms with Gasteiger partial charge in [-0.05, 0) is 106 Å². The number of halogens is 1. The largest absolute Gasteiger partial charge is 0.478 e. The van der Waals surface area contributed by atoms with Crippen molar-refractivity contribution in [1.29, 1.82) is 0 Å². The van der Waals surface area contributed by atoms with Crippen molar-refractivity contribution in [3.05, 3.63) is 57.4 Å². The predicted octanol–water partition coefficient (Wildman–Crippen LogP) is 6.03. The molecule has 0 aliphatic carbocycles. The number of rotatable bonds is 5. The lowest BCUT2D eigenvalue weighted by Crippen LogP contribution is -2.11. The second kappa shape index (κ2) is 7.95. The van der Waals surface area contributed by atoms with Crippen LogP contribution in [0, 0.1) is 33.5 Å². The average Bonchev–Trinajstić information content (AvgIpc) is 2.58. The molecule has 2 aromatic carbocycles. The van der Waals surface area contributed by atoms with Crippen molar-refractivity contribution in [3.8, 4) is 11.1 Å². The molecule has 0 bridgehead atoms. The maximum absolute atomic E-state index is 14.6. The Labute approximate surface area is 160 Å². The highest BCUT2D eigenvalue weighted by Gasteiger charge is 2.17. The SMILES string of the molecule is C/C(=C\c1c(C)c(C)c(-c2ccc(NC(C)C)c(F)c2)c(C)c1C)C(=O)O. The molecule has 0 aliphatic rings. The van der Waals surface area contributed by atoms with Crippen molar-refractivity contribution in [2.24, 2.45) is 0 Å². The van der Waals surface area contributed by atoms with Gasteiger partial charge in [0, 0.05) is 11.6 Å². The standard InChI is InChI=1S/C23H28FNO2/c1-12(2)25-21-9-8-18(11-20(21)24)22-16(6)14(4)19(15(5)17(22)7)10-13(3)23(26)27/h8-12,25H,1-7H3,(H,26,27)/b13-10+. The van der Waals surface area contributed by atoms with Gasteiger partial charge in [0.05, 0.1) is 5.69 Å². The quantitative estimate of drug-likeness (QED) is 0.632. The van der Waals surface area contributed by atoms with E-state index in [0.29, 0.717) is 11.3 Å². The van der Waals surface area contributed by atoms with Crippen LogP contribution in [0.4, 0.5) is 10.1 Å². The lowest BCUT2D eigenvalue weighted by molar-refractivity contribution is -0.132. The van der Waals surface area contributed by atoms with Crippen molar-refractivity contribution < 1.29 is 14.3 Å². The van der Waals surface area contributed by atoms with Gasteiger partial charge in [-0.1, -0.05) is 6.07 Å². The van der Waals surface area contributed by atoms with E-state index in [1.165, 1.54) is 0 Å². The Morgan fingerprint density at radius 3 is 2.07 bits per heavy atom. The molecule has 2 N–H and O–H groups in total. The van der Waals surface area contributed by atoms with Gasteiger partial charge in [0.25, 0.3) is 0 Å². The second-order valence-electron chi connectivity index (χ2n) is 7.41. The molecule has 0 fully saturated rings. The van der Waals surface area contributed by atoms with Crippen molar-refractivity contribution in [3.63, 3.8) is 0 Å². The van der Waals surface area contributed by atoms with E-state index in [0.717, 1.165) is 38.9 Å². The number of benzene rings is 2. The molecule has 0 atom stereocenters. The van der Waals surface area contributed by atoms with E-state index in [1.807, 2.05) is 47.6 Å². The summed E-state index contributed by atoms with van der Waals surface area (Å²) in [7, 11) is 0. The van der Waals surface area contributed by atoms with Crippen LogP contribution in [0.3, 0.4) is 0 Å². The molecule has 0 unspecified atom stereocenters. The Hall–Kier alpha value is -2.62. The molecule has 0 aromatic heterocycles. The number of anilines is 1. The van der Waals surface area contributed by atoms with Crippen LogP contribution in [0.25, 0.3) is 17.2 Å². The molecule has 3 nitrogen and oxygen atoms in total. The third kappa shape index (κ3) is 4.21. The molecule has 0 saturated heterocycles. The third-order valence-electron chi connectivity index (χ3n) is 5.08. The Bertz CT molecular complexity index is 897.